The van der Waals surface area contributed by atoms with Crippen LogP contribution in [0.3, 0.4) is 0 Å². The van der Waals surface area contributed by atoms with E-state index in [2.05, 4.69) is 50.1 Å². The second-order valence-electron chi connectivity index (χ2n) is 6.13. The summed E-state index contributed by atoms with van der Waals surface area (Å²) in [7, 11) is 8.78. The van der Waals surface area contributed by atoms with Crippen LogP contribution in [0.5, 0.6) is 0 Å². The van der Waals surface area contributed by atoms with Crippen molar-refractivity contribution in [1.82, 2.24) is 9.80 Å². The zero-order chi connectivity index (χ0) is 11.7. The van der Waals surface area contributed by atoms with Crippen molar-refractivity contribution in [2.45, 2.75) is 12.8 Å². The van der Waals surface area contributed by atoms with Gasteiger partial charge in [-0.1, -0.05) is 12.2 Å². The van der Waals surface area contributed by atoms with Crippen LogP contribution in [-0.4, -0.2) is 51.1 Å². The van der Waals surface area contributed by atoms with Crippen molar-refractivity contribution >= 4 is 0 Å². The number of fused-ring (bicyclic) bond motifs is 2. The van der Waals surface area contributed by atoms with E-state index in [4.69, 9.17) is 0 Å². The largest absolute Gasteiger partial charge is 0.309 e. The lowest BCUT2D eigenvalue weighted by Gasteiger charge is -2.31. The van der Waals surface area contributed by atoms with E-state index in [0.717, 1.165) is 23.7 Å². The lowest BCUT2D eigenvalue weighted by atomic mass is 9.80. The first-order valence-electron chi connectivity index (χ1n) is 6.55. The Morgan fingerprint density at radius 3 is 2.12 bits per heavy atom. The molecule has 2 bridgehead atoms. The van der Waals surface area contributed by atoms with Gasteiger partial charge in [-0.3, -0.25) is 0 Å². The third kappa shape index (κ3) is 2.49. The van der Waals surface area contributed by atoms with Crippen molar-refractivity contribution in [1.29, 1.82) is 0 Å². The first-order chi connectivity index (χ1) is 7.58. The van der Waals surface area contributed by atoms with Gasteiger partial charge in [-0.25, -0.2) is 0 Å². The van der Waals surface area contributed by atoms with Crippen LogP contribution in [0.2, 0.25) is 0 Å². The molecule has 0 aromatic rings. The minimum Gasteiger partial charge on any atom is -0.309 e. The maximum Gasteiger partial charge on any atom is 0.00121 e. The maximum absolute atomic E-state index is 2.48. The Labute approximate surface area is 100 Å². The summed E-state index contributed by atoms with van der Waals surface area (Å²) in [4.78, 5) is 4.68. The van der Waals surface area contributed by atoms with Gasteiger partial charge in [-0.2, -0.15) is 0 Å². The van der Waals surface area contributed by atoms with Gasteiger partial charge in [-0.15, -0.1) is 0 Å². The Balaban J connectivity index is 1.95. The molecule has 0 aliphatic heterocycles. The van der Waals surface area contributed by atoms with Gasteiger partial charge in [0.2, 0.25) is 0 Å². The average Bonchev–Trinajstić information content (AvgIpc) is 2.74. The molecule has 0 radical (unpaired) electrons. The number of allylic oxidation sites excluding steroid dienone is 2. The van der Waals surface area contributed by atoms with Crippen LogP contribution in [-0.2, 0) is 0 Å². The first-order valence-corrected chi connectivity index (χ1v) is 6.55. The summed E-state index contributed by atoms with van der Waals surface area (Å²) >= 11 is 0. The molecule has 2 heteroatoms. The fourth-order valence-corrected chi connectivity index (χ4v) is 3.55. The molecule has 2 aliphatic carbocycles. The smallest absolute Gasteiger partial charge is 0.00121 e. The summed E-state index contributed by atoms with van der Waals surface area (Å²) in [5.74, 6) is 3.60. The van der Waals surface area contributed by atoms with Gasteiger partial charge in [0.05, 0.1) is 0 Å². The average molecular weight is 222 g/mol. The van der Waals surface area contributed by atoms with E-state index < -0.39 is 0 Å². The minimum absolute atomic E-state index is 0.875. The fourth-order valence-electron chi connectivity index (χ4n) is 3.55. The molecule has 92 valence electrons. The van der Waals surface area contributed by atoms with E-state index in [1.807, 2.05) is 0 Å². The normalized spacial score (nSPS) is 36.9. The van der Waals surface area contributed by atoms with Crippen molar-refractivity contribution in [3.63, 3.8) is 0 Å². The molecule has 0 spiro atoms. The predicted octanol–water partition coefficient (Wildman–Crippen LogP) is 1.94. The Morgan fingerprint density at radius 2 is 1.56 bits per heavy atom. The molecule has 0 amide bonds. The van der Waals surface area contributed by atoms with Crippen LogP contribution >= 0.6 is 0 Å². The highest BCUT2D eigenvalue weighted by atomic mass is 15.1. The van der Waals surface area contributed by atoms with Gasteiger partial charge >= 0.3 is 0 Å². The van der Waals surface area contributed by atoms with E-state index in [-0.39, 0.29) is 0 Å². The van der Waals surface area contributed by atoms with Gasteiger partial charge in [0.25, 0.3) is 0 Å². The first kappa shape index (κ1) is 12.1. The second kappa shape index (κ2) is 4.89. The summed E-state index contributed by atoms with van der Waals surface area (Å²) in [6.07, 6.45) is 7.76. The number of hydrogen-bond donors (Lipinski definition) is 0. The summed E-state index contributed by atoms with van der Waals surface area (Å²) in [6.45, 7) is 2.51. The van der Waals surface area contributed by atoms with Gasteiger partial charge < -0.3 is 9.80 Å². The highest BCUT2D eigenvalue weighted by Crippen LogP contribution is 2.49. The third-order valence-electron chi connectivity index (χ3n) is 4.29. The molecule has 2 nitrogen and oxygen atoms in total. The summed E-state index contributed by atoms with van der Waals surface area (Å²) in [5, 5.41) is 0. The van der Waals surface area contributed by atoms with E-state index in [1.54, 1.807) is 0 Å². The van der Waals surface area contributed by atoms with Gasteiger partial charge in [-0.05, 0) is 71.2 Å². The SMILES string of the molecule is CN(C)CCC1C2C=CC(C2)C1CN(C)C. The Kier molecular flexibility index (Phi) is 3.70. The Bertz CT molecular complexity index is 257. The van der Waals surface area contributed by atoms with Gasteiger partial charge in [0.15, 0.2) is 0 Å². The van der Waals surface area contributed by atoms with E-state index >= 15 is 0 Å². The quantitative estimate of drug-likeness (QED) is 0.656. The monoisotopic (exact) mass is 222 g/mol. The number of hydrogen-bond acceptors (Lipinski definition) is 2. The molecule has 0 N–H and O–H groups in total. The lowest BCUT2D eigenvalue weighted by Crippen LogP contribution is -2.32. The van der Waals surface area contributed by atoms with Crippen LogP contribution in [0.4, 0.5) is 0 Å². The molecule has 4 unspecified atom stereocenters. The predicted molar refractivity (Wildman–Crippen MR) is 69.4 cm³/mol. The zero-order valence-corrected chi connectivity index (χ0v) is 11.2. The van der Waals surface area contributed by atoms with Crippen molar-refractivity contribution in [2.24, 2.45) is 23.7 Å². The highest BCUT2D eigenvalue weighted by molar-refractivity contribution is 5.13. The van der Waals surface area contributed by atoms with Crippen LogP contribution in [0.25, 0.3) is 0 Å². The molecule has 0 aromatic heterocycles. The molecule has 0 aromatic carbocycles. The second-order valence-corrected chi connectivity index (χ2v) is 6.13. The number of nitrogens with zero attached hydrogens (tertiary/aromatic N) is 2. The standard InChI is InChI=1S/C14H26N2/c1-15(2)8-7-13-11-5-6-12(9-11)14(13)10-16(3)4/h5-6,11-14H,7-10H2,1-4H3. The topological polar surface area (TPSA) is 6.48 Å². The van der Waals surface area contributed by atoms with Crippen LogP contribution in [0, 0.1) is 23.7 Å². The Morgan fingerprint density at radius 1 is 0.938 bits per heavy atom. The minimum atomic E-state index is 0.875. The molecule has 2 rings (SSSR count). The molecular formula is C14H26N2. The molecule has 1 fully saturated rings. The Hall–Kier alpha value is -0.340. The summed E-state index contributed by atoms with van der Waals surface area (Å²) in [5.41, 5.74) is 0. The van der Waals surface area contributed by atoms with Crippen molar-refractivity contribution in [2.75, 3.05) is 41.3 Å². The summed E-state index contributed by atoms with van der Waals surface area (Å²) in [6, 6.07) is 0. The lowest BCUT2D eigenvalue weighted by molar-refractivity contribution is 0.206. The van der Waals surface area contributed by atoms with E-state index in [1.165, 1.54) is 25.9 Å². The van der Waals surface area contributed by atoms with Crippen LogP contribution < -0.4 is 0 Å². The zero-order valence-electron chi connectivity index (χ0n) is 11.2. The number of rotatable bonds is 5. The van der Waals surface area contributed by atoms with Gasteiger partial charge in [0.1, 0.15) is 0 Å². The molecule has 0 saturated heterocycles. The molecule has 2 aliphatic rings. The van der Waals surface area contributed by atoms with Gasteiger partial charge in [0, 0.05) is 6.54 Å². The molecule has 16 heavy (non-hydrogen) atoms. The van der Waals surface area contributed by atoms with E-state index in [0.29, 0.717) is 0 Å². The fraction of sp³-hybridized carbons (Fsp3) is 0.857. The van der Waals surface area contributed by atoms with Crippen molar-refractivity contribution < 1.29 is 0 Å². The molecule has 4 atom stereocenters. The van der Waals surface area contributed by atoms with E-state index in [9.17, 15) is 0 Å². The molecule has 1 saturated carbocycles. The van der Waals surface area contributed by atoms with Crippen molar-refractivity contribution in [3.8, 4) is 0 Å². The highest BCUT2D eigenvalue weighted by Gasteiger charge is 2.43. The molecular weight excluding hydrogens is 196 g/mol. The maximum atomic E-state index is 2.48. The molecule has 0 heterocycles. The van der Waals surface area contributed by atoms with Crippen LogP contribution in [0.1, 0.15) is 12.8 Å². The summed E-state index contributed by atoms with van der Waals surface area (Å²) < 4.78 is 0. The van der Waals surface area contributed by atoms with Crippen LogP contribution in [0.15, 0.2) is 12.2 Å². The van der Waals surface area contributed by atoms with Crippen molar-refractivity contribution in [3.05, 3.63) is 12.2 Å². The third-order valence-corrected chi connectivity index (χ3v) is 4.29.